The second kappa shape index (κ2) is 9.82. The molecule has 1 rings (SSSR count). The zero-order valence-corrected chi connectivity index (χ0v) is 14.6. The summed E-state index contributed by atoms with van der Waals surface area (Å²) < 4.78 is 0. The second-order valence-electron chi connectivity index (χ2n) is 6.10. The van der Waals surface area contributed by atoms with E-state index >= 15 is 0 Å². The van der Waals surface area contributed by atoms with E-state index in [1.165, 1.54) is 12.5 Å². The highest BCUT2D eigenvalue weighted by Crippen LogP contribution is 2.23. The van der Waals surface area contributed by atoms with Crippen LogP contribution in [0, 0.1) is 12.8 Å². The van der Waals surface area contributed by atoms with Gasteiger partial charge in [0.2, 0.25) is 11.8 Å². The molecule has 0 aliphatic heterocycles. The number of unbranched alkanes of at least 4 members (excludes halogenated alkanes) is 1. The Hall–Kier alpha value is -2.10. The lowest BCUT2D eigenvalue weighted by molar-refractivity contribution is -0.119. The maximum Gasteiger partial charge on any atom is 0.244 e. The smallest absolute Gasteiger partial charge is 0.244 e. The van der Waals surface area contributed by atoms with Crippen LogP contribution in [0.2, 0.25) is 0 Å². The number of nitrogens with one attached hydrogen (secondary N) is 2. The highest BCUT2D eigenvalue weighted by molar-refractivity contribution is 5.95. The Balaban J connectivity index is 2.51. The maximum atomic E-state index is 12.1. The van der Waals surface area contributed by atoms with Crippen LogP contribution in [0.4, 0.5) is 0 Å². The van der Waals surface area contributed by atoms with Crippen LogP contribution >= 0.6 is 0 Å². The molecule has 0 unspecified atom stereocenters. The molecule has 4 nitrogen and oxygen atoms in total. The third-order valence-electron chi connectivity index (χ3n) is 3.57. The minimum Gasteiger partial charge on any atom is -0.356 e. The SMILES string of the molecule is CC(=O)NCCCCNC(=O)/C=C(/c1ccc(C)cc1)C(C)C. The van der Waals surface area contributed by atoms with E-state index in [2.05, 4.69) is 55.7 Å². The molecular weight excluding hydrogens is 288 g/mol. The number of amides is 2. The van der Waals surface area contributed by atoms with Gasteiger partial charge in [-0.2, -0.15) is 0 Å². The van der Waals surface area contributed by atoms with E-state index in [4.69, 9.17) is 0 Å². The van der Waals surface area contributed by atoms with Gasteiger partial charge in [0, 0.05) is 26.1 Å². The minimum absolute atomic E-state index is 0.0170. The number of hydrogen-bond acceptors (Lipinski definition) is 2. The van der Waals surface area contributed by atoms with Crippen molar-refractivity contribution in [3.63, 3.8) is 0 Å². The molecule has 2 amide bonds. The van der Waals surface area contributed by atoms with Crippen molar-refractivity contribution in [1.29, 1.82) is 0 Å². The van der Waals surface area contributed by atoms with Gasteiger partial charge in [0.1, 0.15) is 0 Å². The monoisotopic (exact) mass is 316 g/mol. The van der Waals surface area contributed by atoms with Crippen LogP contribution in [-0.4, -0.2) is 24.9 Å². The summed E-state index contributed by atoms with van der Waals surface area (Å²) >= 11 is 0. The van der Waals surface area contributed by atoms with E-state index in [1.807, 2.05) is 0 Å². The van der Waals surface area contributed by atoms with E-state index in [-0.39, 0.29) is 17.7 Å². The molecule has 1 aromatic carbocycles. The van der Waals surface area contributed by atoms with Crippen LogP contribution < -0.4 is 10.6 Å². The Morgan fingerprint density at radius 2 is 1.61 bits per heavy atom. The summed E-state index contributed by atoms with van der Waals surface area (Å²) in [5, 5.41) is 5.65. The van der Waals surface area contributed by atoms with Crippen molar-refractivity contribution in [2.45, 2.75) is 40.5 Å². The van der Waals surface area contributed by atoms with Crippen molar-refractivity contribution >= 4 is 17.4 Å². The Kier molecular flexibility index (Phi) is 8.09. The van der Waals surface area contributed by atoms with E-state index in [0.717, 1.165) is 24.0 Å². The van der Waals surface area contributed by atoms with Gasteiger partial charge < -0.3 is 10.6 Å². The first-order valence-electron chi connectivity index (χ1n) is 8.21. The van der Waals surface area contributed by atoms with E-state index in [9.17, 15) is 9.59 Å². The van der Waals surface area contributed by atoms with Gasteiger partial charge in [-0.05, 0) is 36.8 Å². The van der Waals surface area contributed by atoms with Crippen LogP contribution in [0.25, 0.3) is 5.57 Å². The molecule has 0 fully saturated rings. The summed E-state index contributed by atoms with van der Waals surface area (Å²) in [5.41, 5.74) is 3.34. The average Bonchev–Trinajstić information content (AvgIpc) is 2.49. The number of aryl methyl sites for hydroxylation is 1. The van der Waals surface area contributed by atoms with Gasteiger partial charge in [-0.15, -0.1) is 0 Å². The summed E-state index contributed by atoms with van der Waals surface area (Å²) in [6.45, 7) is 9.01. The first kappa shape index (κ1) is 18.9. The first-order chi connectivity index (χ1) is 10.9. The van der Waals surface area contributed by atoms with Crippen molar-refractivity contribution in [1.82, 2.24) is 10.6 Å². The molecule has 0 saturated heterocycles. The van der Waals surface area contributed by atoms with Gasteiger partial charge >= 0.3 is 0 Å². The number of benzene rings is 1. The minimum atomic E-state index is -0.0613. The van der Waals surface area contributed by atoms with Crippen LogP contribution in [-0.2, 0) is 9.59 Å². The standard InChI is InChI=1S/C19H28N2O2/c1-14(2)18(17-9-7-15(3)8-10-17)13-19(23)21-12-6-5-11-20-16(4)22/h7-10,13-14H,5-6,11-12H2,1-4H3,(H,20,22)(H,21,23)/b18-13+. The van der Waals surface area contributed by atoms with Gasteiger partial charge in [0.05, 0.1) is 0 Å². The topological polar surface area (TPSA) is 58.2 Å². The predicted octanol–water partition coefficient (Wildman–Crippen LogP) is 3.07. The Morgan fingerprint density at radius 3 is 2.13 bits per heavy atom. The van der Waals surface area contributed by atoms with Crippen molar-refractivity contribution in [3.8, 4) is 0 Å². The predicted molar refractivity (Wildman–Crippen MR) is 94.9 cm³/mol. The summed E-state index contributed by atoms with van der Waals surface area (Å²) in [5.74, 6) is 0.202. The fourth-order valence-electron chi connectivity index (χ4n) is 2.25. The molecule has 2 N–H and O–H groups in total. The number of allylic oxidation sites excluding steroid dienone is 1. The molecule has 0 spiro atoms. The fraction of sp³-hybridized carbons (Fsp3) is 0.474. The molecule has 1 aromatic rings. The van der Waals surface area contributed by atoms with Crippen molar-refractivity contribution in [2.75, 3.05) is 13.1 Å². The molecule has 0 bridgehead atoms. The van der Waals surface area contributed by atoms with Crippen molar-refractivity contribution in [2.24, 2.45) is 5.92 Å². The molecule has 0 aromatic heterocycles. The lowest BCUT2D eigenvalue weighted by Crippen LogP contribution is -2.25. The first-order valence-corrected chi connectivity index (χ1v) is 8.21. The maximum absolute atomic E-state index is 12.1. The van der Waals surface area contributed by atoms with E-state index in [1.54, 1.807) is 6.08 Å². The molecular formula is C19H28N2O2. The van der Waals surface area contributed by atoms with Crippen LogP contribution in [0.5, 0.6) is 0 Å². The summed E-state index contributed by atoms with van der Waals surface area (Å²) in [7, 11) is 0. The van der Waals surface area contributed by atoms with Crippen molar-refractivity contribution < 1.29 is 9.59 Å². The molecule has 0 aliphatic carbocycles. The quantitative estimate of drug-likeness (QED) is 0.572. The third-order valence-corrected chi connectivity index (χ3v) is 3.57. The molecule has 0 radical (unpaired) electrons. The molecule has 4 heteroatoms. The summed E-state index contributed by atoms with van der Waals surface area (Å²) in [6.07, 6.45) is 3.41. The Labute approximate surface area is 139 Å². The van der Waals surface area contributed by atoms with E-state index < -0.39 is 0 Å². The van der Waals surface area contributed by atoms with Crippen LogP contribution in [0.1, 0.15) is 44.7 Å². The molecule has 126 valence electrons. The number of carbonyl (C=O) groups excluding carboxylic acids is 2. The third kappa shape index (κ3) is 7.63. The van der Waals surface area contributed by atoms with Crippen molar-refractivity contribution in [3.05, 3.63) is 41.5 Å². The van der Waals surface area contributed by atoms with Crippen LogP contribution in [0.3, 0.4) is 0 Å². The highest BCUT2D eigenvalue weighted by Gasteiger charge is 2.09. The second-order valence-corrected chi connectivity index (χ2v) is 6.10. The molecule has 0 heterocycles. The Bertz CT molecular complexity index is 545. The van der Waals surface area contributed by atoms with Gasteiger partial charge in [-0.3, -0.25) is 9.59 Å². The Morgan fingerprint density at radius 1 is 1.04 bits per heavy atom. The van der Waals surface area contributed by atoms with Gasteiger partial charge in [0.15, 0.2) is 0 Å². The lowest BCUT2D eigenvalue weighted by atomic mass is 9.94. The van der Waals surface area contributed by atoms with Gasteiger partial charge in [0.25, 0.3) is 0 Å². The van der Waals surface area contributed by atoms with Gasteiger partial charge in [-0.1, -0.05) is 43.7 Å². The highest BCUT2D eigenvalue weighted by atomic mass is 16.2. The van der Waals surface area contributed by atoms with E-state index in [0.29, 0.717) is 13.1 Å². The molecule has 23 heavy (non-hydrogen) atoms. The molecule has 0 aliphatic rings. The summed E-state index contributed by atoms with van der Waals surface area (Å²) in [6, 6.07) is 8.24. The lowest BCUT2D eigenvalue weighted by Gasteiger charge is -2.12. The fourth-order valence-corrected chi connectivity index (χ4v) is 2.25. The number of hydrogen-bond donors (Lipinski definition) is 2. The zero-order chi connectivity index (χ0) is 17.2. The van der Waals surface area contributed by atoms with Crippen LogP contribution in [0.15, 0.2) is 30.3 Å². The molecule has 0 atom stereocenters. The normalized spacial score (nSPS) is 11.4. The number of rotatable bonds is 8. The largest absolute Gasteiger partial charge is 0.356 e. The zero-order valence-electron chi connectivity index (χ0n) is 14.6. The van der Waals surface area contributed by atoms with Gasteiger partial charge in [-0.25, -0.2) is 0 Å². The molecule has 0 saturated carbocycles. The average molecular weight is 316 g/mol. The number of carbonyl (C=O) groups is 2. The summed E-state index contributed by atoms with van der Waals surface area (Å²) in [4.78, 5) is 22.8.